The van der Waals surface area contributed by atoms with E-state index in [2.05, 4.69) is 4.90 Å². The second-order valence-corrected chi connectivity index (χ2v) is 11.0. The van der Waals surface area contributed by atoms with Crippen LogP contribution in [0.4, 0.5) is 5.69 Å². The zero-order valence-electron chi connectivity index (χ0n) is 20.8. The number of sulfonamides is 1. The van der Waals surface area contributed by atoms with Gasteiger partial charge in [-0.3, -0.25) is 4.79 Å². The van der Waals surface area contributed by atoms with Gasteiger partial charge in [0.15, 0.2) is 0 Å². The van der Waals surface area contributed by atoms with Crippen molar-refractivity contribution in [1.82, 2.24) is 9.21 Å². The summed E-state index contributed by atoms with van der Waals surface area (Å²) in [5.74, 6) is 0.700. The van der Waals surface area contributed by atoms with Crippen molar-refractivity contribution in [1.29, 1.82) is 0 Å². The molecular weight excluding hydrogens is 514 g/mol. The van der Waals surface area contributed by atoms with Crippen LogP contribution < -0.4 is 14.4 Å². The molecular formula is C27H30ClN3O5S. The molecule has 196 valence electrons. The first-order valence-corrected chi connectivity index (χ1v) is 13.7. The minimum Gasteiger partial charge on any atom is -0.497 e. The standard InChI is InChI=1S/C27H30ClN3O5S/c1-35-24-11-9-23(10-12-24)29-14-16-30(17-15-29)27(32)20-31(19-21-6-4-3-5-7-21)37(33,34)26-18-22(28)8-13-25(26)36-2/h3-13,18H,14-17,19-20H2,1-2H3. The maximum atomic E-state index is 13.8. The number of piperazine rings is 1. The molecule has 0 atom stereocenters. The van der Waals surface area contributed by atoms with Gasteiger partial charge in [-0.25, -0.2) is 8.42 Å². The van der Waals surface area contributed by atoms with Crippen LogP contribution in [0.2, 0.25) is 5.02 Å². The summed E-state index contributed by atoms with van der Waals surface area (Å²) in [5, 5.41) is 0.264. The minimum absolute atomic E-state index is 0.0381. The highest BCUT2D eigenvalue weighted by Crippen LogP contribution is 2.30. The maximum absolute atomic E-state index is 13.8. The Labute approximate surface area is 223 Å². The Kier molecular flexibility index (Phi) is 8.58. The molecule has 1 aliphatic rings. The monoisotopic (exact) mass is 543 g/mol. The molecule has 10 heteroatoms. The number of nitrogens with zero attached hydrogens (tertiary/aromatic N) is 3. The molecule has 1 amide bonds. The number of halogens is 1. The lowest BCUT2D eigenvalue weighted by atomic mass is 10.2. The van der Waals surface area contributed by atoms with Crippen molar-refractivity contribution >= 4 is 33.2 Å². The van der Waals surface area contributed by atoms with Gasteiger partial charge in [0.2, 0.25) is 15.9 Å². The Hall–Kier alpha value is -3.27. The van der Waals surface area contributed by atoms with E-state index in [9.17, 15) is 13.2 Å². The lowest BCUT2D eigenvalue weighted by molar-refractivity contribution is -0.131. The summed E-state index contributed by atoms with van der Waals surface area (Å²) in [5.41, 5.74) is 1.82. The number of methoxy groups -OCH3 is 2. The van der Waals surface area contributed by atoms with E-state index in [4.69, 9.17) is 21.1 Å². The Bertz CT molecular complexity index is 1310. The molecule has 4 rings (SSSR count). The molecule has 0 saturated carbocycles. The number of benzene rings is 3. The topological polar surface area (TPSA) is 79.4 Å². The van der Waals surface area contributed by atoms with Gasteiger partial charge in [-0.1, -0.05) is 41.9 Å². The first kappa shape index (κ1) is 26.8. The second-order valence-electron chi connectivity index (χ2n) is 8.62. The van der Waals surface area contributed by atoms with E-state index in [-0.39, 0.29) is 34.7 Å². The van der Waals surface area contributed by atoms with Gasteiger partial charge < -0.3 is 19.3 Å². The first-order valence-electron chi connectivity index (χ1n) is 11.9. The fourth-order valence-corrected chi connectivity index (χ4v) is 6.06. The van der Waals surface area contributed by atoms with Crippen LogP contribution in [0.5, 0.6) is 11.5 Å². The fraction of sp³-hybridized carbons (Fsp3) is 0.296. The summed E-state index contributed by atoms with van der Waals surface area (Å²) in [6.45, 7) is 2.01. The number of hydrogen-bond acceptors (Lipinski definition) is 6. The van der Waals surface area contributed by atoms with Crippen LogP contribution in [0.1, 0.15) is 5.56 Å². The predicted molar refractivity (Wildman–Crippen MR) is 144 cm³/mol. The van der Waals surface area contributed by atoms with Crippen molar-refractivity contribution < 1.29 is 22.7 Å². The van der Waals surface area contributed by atoms with Gasteiger partial charge in [0.1, 0.15) is 16.4 Å². The SMILES string of the molecule is COc1ccc(N2CCN(C(=O)CN(Cc3ccccc3)S(=O)(=O)c3cc(Cl)ccc3OC)CC2)cc1. The third-order valence-electron chi connectivity index (χ3n) is 6.33. The van der Waals surface area contributed by atoms with Crippen LogP contribution in [0.25, 0.3) is 0 Å². The molecule has 37 heavy (non-hydrogen) atoms. The van der Waals surface area contributed by atoms with Crippen LogP contribution in [0, 0.1) is 0 Å². The van der Waals surface area contributed by atoms with E-state index in [0.717, 1.165) is 17.0 Å². The van der Waals surface area contributed by atoms with Crippen molar-refractivity contribution in [3.8, 4) is 11.5 Å². The van der Waals surface area contributed by atoms with E-state index in [1.54, 1.807) is 18.1 Å². The normalized spacial score (nSPS) is 14.1. The van der Waals surface area contributed by atoms with Gasteiger partial charge in [0.05, 0.1) is 20.8 Å². The Morgan fingerprint density at radius 1 is 0.919 bits per heavy atom. The Morgan fingerprint density at radius 3 is 2.22 bits per heavy atom. The van der Waals surface area contributed by atoms with Crippen LogP contribution >= 0.6 is 11.6 Å². The van der Waals surface area contributed by atoms with Crippen LogP contribution in [-0.2, 0) is 21.4 Å². The molecule has 0 aromatic heterocycles. The van der Waals surface area contributed by atoms with Crippen molar-refractivity contribution in [2.45, 2.75) is 11.4 Å². The molecule has 1 saturated heterocycles. The molecule has 0 unspecified atom stereocenters. The fourth-order valence-electron chi connectivity index (χ4n) is 4.26. The predicted octanol–water partition coefficient (Wildman–Crippen LogP) is 3.90. The second kappa shape index (κ2) is 11.9. The third-order valence-corrected chi connectivity index (χ3v) is 8.37. The van der Waals surface area contributed by atoms with E-state index in [1.165, 1.54) is 23.5 Å². The van der Waals surface area contributed by atoms with Gasteiger partial charge in [-0.15, -0.1) is 0 Å². The third kappa shape index (κ3) is 6.36. The molecule has 1 aliphatic heterocycles. The highest BCUT2D eigenvalue weighted by Gasteiger charge is 2.32. The number of ether oxygens (including phenoxy) is 2. The number of carbonyl (C=O) groups is 1. The lowest BCUT2D eigenvalue weighted by Crippen LogP contribution is -2.51. The van der Waals surface area contributed by atoms with Gasteiger partial charge in [0.25, 0.3) is 0 Å². The average Bonchev–Trinajstić information content (AvgIpc) is 2.93. The molecule has 0 radical (unpaired) electrons. The van der Waals surface area contributed by atoms with E-state index in [1.807, 2.05) is 54.6 Å². The number of hydrogen-bond donors (Lipinski definition) is 0. The van der Waals surface area contributed by atoms with Gasteiger partial charge >= 0.3 is 0 Å². The highest BCUT2D eigenvalue weighted by molar-refractivity contribution is 7.89. The quantitative estimate of drug-likeness (QED) is 0.407. The lowest BCUT2D eigenvalue weighted by Gasteiger charge is -2.37. The first-order chi connectivity index (χ1) is 17.8. The van der Waals surface area contributed by atoms with E-state index >= 15 is 0 Å². The van der Waals surface area contributed by atoms with Crippen molar-refractivity contribution in [3.05, 3.63) is 83.4 Å². The molecule has 1 fully saturated rings. The molecule has 3 aromatic rings. The van der Waals surface area contributed by atoms with Crippen molar-refractivity contribution in [2.75, 3.05) is 51.8 Å². The van der Waals surface area contributed by atoms with Crippen molar-refractivity contribution in [2.24, 2.45) is 0 Å². The maximum Gasteiger partial charge on any atom is 0.247 e. The van der Waals surface area contributed by atoms with Crippen LogP contribution in [0.3, 0.4) is 0 Å². The summed E-state index contributed by atoms with van der Waals surface area (Å²) < 4.78 is 39.3. The summed E-state index contributed by atoms with van der Waals surface area (Å²) in [4.78, 5) is 17.2. The Balaban J connectivity index is 1.52. The summed E-state index contributed by atoms with van der Waals surface area (Å²) in [6.07, 6.45) is 0. The summed E-state index contributed by atoms with van der Waals surface area (Å²) in [7, 11) is -1.08. The zero-order valence-corrected chi connectivity index (χ0v) is 22.4. The zero-order chi connectivity index (χ0) is 26.4. The summed E-state index contributed by atoms with van der Waals surface area (Å²) in [6, 6.07) is 21.4. The minimum atomic E-state index is -4.10. The molecule has 1 heterocycles. The largest absolute Gasteiger partial charge is 0.497 e. The molecule has 3 aromatic carbocycles. The van der Waals surface area contributed by atoms with Crippen LogP contribution in [0.15, 0.2) is 77.7 Å². The number of anilines is 1. The van der Waals surface area contributed by atoms with Crippen molar-refractivity contribution in [3.63, 3.8) is 0 Å². The summed E-state index contributed by atoms with van der Waals surface area (Å²) >= 11 is 6.13. The van der Waals surface area contributed by atoms with Gasteiger partial charge in [0, 0.05) is 43.4 Å². The Morgan fingerprint density at radius 2 is 1.59 bits per heavy atom. The van der Waals surface area contributed by atoms with Crippen LogP contribution in [-0.4, -0.2) is 70.5 Å². The van der Waals surface area contributed by atoms with E-state index in [0.29, 0.717) is 26.2 Å². The van der Waals surface area contributed by atoms with Gasteiger partial charge in [-0.2, -0.15) is 4.31 Å². The van der Waals surface area contributed by atoms with Gasteiger partial charge in [-0.05, 0) is 48.0 Å². The molecule has 0 aliphatic carbocycles. The number of carbonyl (C=O) groups excluding carboxylic acids is 1. The number of rotatable bonds is 9. The molecule has 8 nitrogen and oxygen atoms in total. The smallest absolute Gasteiger partial charge is 0.247 e. The average molecular weight is 544 g/mol. The van der Waals surface area contributed by atoms with E-state index < -0.39 is 10.0 Å². The molecule has 0 bridgehead atoms. The number of amides is 1. The molecule has 0 spiro atoms. The molecule has 0 N–H and O–H groups in total. The highest BCUT2D eigenvalue weighted by atomic mass is 35.5.